The summed E-state index contributed by atoms with van der Waals surface area (Å²) in [6.07, 6.45) is 0.548. The van der Waals surface area contributed by atoms with Crippen LogP contribution in [0.4, 0.5) is 0 Å². The third kappa shape index (κ3) is 5.79. The average molecular weight is 474 g/mol. The number of hydrogen-bond donors (Lipinski definition) is 1. The molecule has 1 saturated heterocycles. The van der Waals surface area contributed by atoms with Crippen LogP contribution < -0.4 is 5.32 Å². The van der Waals surface area contributed by atoms with Gasteiger partial charge in [0.05, 0.1) is 11.4 Å². The van der Waals surface area contributed by atoms with E-state index in [0.29, 0.717) is 26.2 Å². The number of ether oxygens (including phenoxy) is 1. The van der Waals surface area contributed by atoms with Crippen LogP contribution >= 0.6 is 0 Å². The van der Waals surface area contributed by atoms with Crippen LogP contribution in [0.1, 0.15) is 25.8 Å². The molecule has 8 nitrogen and oxygen atoms in total. The van der Waals surface area contributed by atoms with Gasteiger partial charge in [0, 0.05) is 32.8 Å². The van der Waals surface area contributed by atoms with Crippen LogP contribution in [0.15, 0.2) is 65.6 Å². The fraction of sp³-hybridized carbons (Fsp3) is 0.417. The number of nitrogens with one attached hydrogen (secondary N) is 1. The molecular weight excluding hydrogens is 442 g/mol. The molecule has 1 atom stereocenters. The molecule has 1 heterocycles. The van der Waals surface area contributed by atoms with Gasteiger partial charge in [-0.2, -0.15) is 4.31 Å². The Hall–Kier alpha value is -2.75. The van der Waals surface area contributed by atoms with Crippen molar-refractivity contribution in [1.29, 1.82) is 0 Å². The van der Waals surface area contributed by atoms with E-state index >= 15 is 0 Å². The van der Waals surface area contributed by atoms with Crippen LogP contribution in [-0.2, 0) is 30.9 Å². The summed E-state index contributed by atoms with van der Waals surface area (Å²) in [7, 11) is -3.94. The van der Waals surface area contributed by atoms with E-state index in [4.69, 9.17) is 4.74 Å². The minimum absolute atomic E-state index is 0.0923. The quantitative estimate of drug-likeness (QED) is 0.533. The standard InChI is InChI=1S/C24H31N3O5S/c1-3-32-16-10-15-27-22(28)18-26(33(30,31)21-13-8-5-9-14-21)19-24(27,2)23(29)25-17-20-11-6-4-7-12-20/h4-9,11-14H,3,10,15-19H2,1-2H3,(H,25,29)/t24-/m0/s1. The Morgan fingerprint density at radius 1 is 1.09 bits per heavy atom. The lowest BCUT2D eigenvalue weighted by Crippen LogP contribution is -2.69. The lowest BCUT2D eigenvalue weighted by Gasteiger charge is -2.46. The van der Waals surface area contributed by atoms with Crippen LogP contribution in [0, 0.1) is 0 Å². The van der Waals surface area contributed by atoms with Crippen molar-refractivity contribution in [2.45, 2.75) is 37.2 Å². The van der Waals surface area contributed by atoms with Crippen molar-refractivity contribution < 1.29 is 22.7 Å². The van der Waals surface area contributed by atoms with E-state index in [1.807, 2.05) is 37.3 Å². The molecule has 0 saturated carbocycles. The topological polar surface area (TPSA) is 96.0 Å². The molecule has 33 heavy (non-hydrogen) atoms. The molecule has 1 N–H and O–H groups in total. The maximum atomic E-state index is 13.4. The number of benzene rings is 2. The molecule has 0 bridgehead atoms. The van der Waals surface area contributed by atoms with Crippen molar-refractivity contribution >= 4 is 21.8 Å². The summed E-state index contributed by atoms with van der Waals surface area (Å²) in [4.78, 5) is 28.1. The molecule has 0 aromatic heterocycles. The number of carbonyl (C=O) groups excluding carboxylic acids is 2. The second kappa shape index (κ2) is 10.9. The van der Waals surface area contributed by atoms with Gasteiger partial charge in [-0.05, 0) is 38.0 Å². The average Bonchev–Trinajstić information content (AvgIpc) is 2.82. The molecule has 2 amide bonds. The first-order valence-electron chi connectivity index (χ1n) is 11.0. The Labute approximate surface area is 195 Å². The number of hydrogen-bond acceptors (Lipinski definition) is 5. The zero-order valence-corrected chi connectivity index (χ0v) is 19.9. The molecule has 0 spiro atoms. The monoisotopic (exact) mass is 473 g/mol. The molecule has 1 aliphatic rings. The smallest absolute Gasteiger partial charge is 0.247 e. The lowest BCUT2D eigenvalue weighted by molar-refractivity contribution is -0.153. The molecule has 1 aliphatic heterocycles. The van der Waals surface area contributed by atoms with Gasteiger partial charge in [-0.3, -0.25) is 9.59 Å². The predicted molar refractivity (Wildman–Crippen MR) is 125 cm³/mol. The van der Waals surface area contributed by atoms with Gasteiger partial charge >= 0.3 is 0 Å². The number of amides is 2. The van der Waals surface area contributed by atoms with Gasteiger partial charge in [0.1, 0.15) is 5.54 Å². The van der Waals surface area contributed by atoms with Crippen molar-refractivity contribution in [3.05, 3.63) is 66.2 Å². The maximum Gasteiger partial charge on any atom is 0.247 e. The fourth-order valence-corrected chi connectivity index (χ4v) is 5.41. The summed E-state index contributed by atoms with van der Waals surface area (Å²) in [6.45, 7) is 4.66. The summed E-state index contributed by atoms with van der Waals surface area (Å²) in [5.41, 5.74) is -0.453. The van der Waals surface area contributed by atoms with Crippen LogP contribution in [0.25, 0.3) is 0 Å². The summed E-state index contributed by atoms with van der Waals surface area (Å²) in [5, 5.41) is 2.89. The van der Waals surface area contributed by atoms with Crippen LogP contribution in [0.3, 0.4) is 0 Å². The van der Waals surface area contributed by atoms with Gasteiger partial charge in [0.2, 0.25) is 21.8 Å². The van der Waals surface area contributed by atoms with E-state index < -0.39 is 27.4 Å². The number of rotatable bonds is 10. The first kappa shape index (κ1) is 24.9. The SMILES string of the molecule is CCOCCCN1C(=O)CN(S(=O)(=O)c2ccccc2)C[C@@]1(C)C(=O)NCc1ccccc1. The Balaban J connectivity index is 1.85. The van der Waals surface area contributed by atoms with E-state index in [2.05, 4.69) is 5.32 Å². The largest absolute Gasteiger partial charge is 0.382 e. The molecule has 2 aromatic carbocycles. The van der Waals surface area contributed by atoms with Crippen LogP contribution in [-0.4, -0.2) is 67.8 Å². The first-order valence-corrected chi connectivity index (χ1v) is 12.5. The van der Waals surface area contributed by atoms with Gasteiger partial charge < -0.3 is 15.0 Å². The number of piperazine rings is 1. The molecule has 178 valence electrons. The van der Waals surface area contributed by atoms with Crippen LogP contribution in [0.2, 0.25) is 0 Å². The zero-order valence-electron chi connectivity index (χ0n) is 19.1. The Morgan fingerprint density at radius 3 is 2.36 bits per heavy atom. The molecule has 0 unspecified atom stereocenters. The summed E-state index contributed by atoms with van der Waals surface area (Å²) < 4.78 is 32.9. The van der Waals surface area contributed by atoms with Crippen molar-refractivity contribution in [2.75, 3.05) is 32.8 Å². The van der Waals surface area contributed by atoms with E-state index in [1.54, 1.807) is 25.1 Å². The molecular formula is C24H31N3O5S. The number of carbonyl (C=O) groups is 2. The highest BCUT2D eigenvalue weighted by molar-refractivity contribution is 7.89. The van der Waals surface area contributed by atoms with E-state index in [0.717, 1.165) is 9.87 Å². The van der Waals surface area contributed by atoms with Crippen molar-refractivity contribution in [3.63, 3.8) is 0 Å². The second-order valence-electron chi connectivity index (χ2n) is 8.12. The molecule has 3 rings (SSSR count). The molecule has 9 heteroatoms. The van der Waals surface area contributed by atoms with Gasteiger partial charge in [-0.25, -0.2) is 8.42 Å². The van der Waals surface area contributed by atoms with Crippen LogP contribution in [0.5, 0.6) is 0 Å². The zero-order chi connectivity index (χ0) is 23.9. The first-order chi connectivity index (χ1) is 15.8. The Kier molecular flexibility index (Phi) is 8.23. The second-order valence-corrected chi connectivity index (χ2v) is 10.1. The number of sulfonamides is 1. The lowest BCUT2D eigenvalue weighted by atomic mass is 9.95. The van der Waals surface area contributed by atoms with E-state index in [1.165, 1.54) is 17.0 Å². The normalized spacial score (nSPS) is 19.5. The minimum Gasteiger partial charge on any atom is -0.382 e. The summed E-state index contributed by atoms with van der Waals surface area (Å²) in [6, 6.07) is 17.4. The fourth-order valence-electron chi connectivity index (χ4n) is 3.91. The number of nitrogens with zero attached hydrogens (tertiary/aromatic N) is 2. The van der Waals surface area contributed by atoms with Gasteiger partial charge in [-0.1, -0.05) is 48.5 Å². The van der Waals surface area contributed by atoms with Crippen molar-refractivity contribution in [2.24, 2.45) is 0 Å². The predicted octanol–water partition coefficient (Wildman–Crippen LogP) is 2.02. The highest BCUT2D eigenvalue weighted by Crippen LogP contribution is 2.28. The highest BCUT2D eigenvalue weighted by atomic mass is 32.2. The van der Waals surface area contributed by atoms with Gasteiger partial charge in [-0.15, -0.1) is 0 Å². The van der Waals surface area contributed by atoms with Crippen molar-refractivity contribution in [1.82, 2.24) is 14.5 Å². The van der Waals surface area contributed by atoms with Gasteiger partial charge in [0.25, 0.3) is 0 Å². The van der Waals surface area contributed by atoms with E-state index in [-0.39, 0.29) is 24.5 Å². The Morgan fingerprint density at radius 2 is 1.73 bits per heavy atom. The Bertz CT molecular complexity index is 1050. The third-order valence-electron chi connectivity index (χ3n) is 5.73. The van der Waals surface area contributed by atoms with Gasteiger partial charge in [0.15, 0.2) is 0 Å². The molecule has 1 fully saturated rings. The third-order valence-corrected chi connectivity index (χ3v) is 7.54. The molecule has 0 aliphatic carbocycles. The summed E-state index contributed by atoms with van der Waals surface area (Å²) in [5.74, 6) is -0.807. The van der Waals surface area contributed by atoms with E-state index in [9.17, 15) is 18.0 Å². The molecule has 2 aromatic rings. The molecule has 0 radical (unpaired) electrons. The highest BCUT2D eigenvalue weighted by Gasteiger charge is 2.50. The minimum atomic E-state index is -3.94. The van der Waals surface area contributed by atoms with Crippen molar-refractivity contribution in [3.8, 4) is 0 Å². The summed E-state index contributed by atoms with van der Waals surface area (Å²) >= 11 is 0. The maximum absolute atomic E-state index is 13.4.